The fourth-order valence-electron chi connectivity index (χ4n) is 1.76. The molecule has 0 aromatic carbocycles. The molecule has 0 aliphatic carbocycles. The molecule has 108 valence electrons. The van der Waals surface area contributed by atoms with Crippen molar-refractivity contribution in [2.45, 2.75) is 52.5 Å². The third-order valence-corrected chi connectivity index (χ3v) is 2.95. The van der Waals surface area contributed by atoms with Crippen LogP contribution in [0, 0.1) is 0 Å². The second-order valence-corrected chi connectivity index (χ2v) is 4.55. The van der Waals surface area contributed by atoms with Crippen LogP contribution in [0.1, 0.15) is 51.0 Å². The van der Waals surface area contributed by atoms with Gasteiger partial charge in [-0.05, 0) is 12.8 Å². The molecule has 0 atom stereocenters. The molecule has 0 spiro atoms. The van der Waals surface area contributed by atoms with E-state index in [-0.39, 0.29) is 0 Å². The number of hydrogen-bond acceptors (Lipinski definition) is 3. The van der Waals surface area contributed by atoms with Gasteiger partial charge in [0.1, 0.15) is 0 Å². The summed E-state index contributed by atoms with van der Waals surface area (Å²) in [7, 11) is 1.78. The quantitative estimate of drug-likeness (QED) is 0.431. The maximum Gasteiger partial charge on any atom is 0.191 e. The lowest BCUT2D eigenvalue weighted by molar-refractivity contribution is 0.374. The molecule has 0 unspecified atom stereocenters. The van der Waals surface area contributed by atoms with Gasteiger partial charge in [-0.15, -0.1) is 0 Å². The summed E-state index contributed by atoms with van der Waals surface area (Å²) in [4.78, 5) is 4.18. The molecule has 19 heavy (non-hydrogen) atoms. The van der Waals surface area contributed by atoms with E-state index in [4.69, 9.17) is 4.52 Å². The first-order valence-electron chi connectivity index (χ1n) is 7.19. The molecule has 0 saturated carbocycles. The molecule has 0 saturated heterocycles. The number of rotatable bonds is 8. The summed E-state index contributed by atoms with van der Waals surface area (Å²) in [6, 6.07) is 1.97. The minimum Gasteiger partial charge on any atom is -0.359 e. The first-order chi connectivity index (χ1) is 9.30. The van der Waals surface area contributed by atoms with Gasteiger partial charge in [0.05, 0.1) is 12.2 Å². The van der Waals surface area contributed by atoms with Crippen LogP contribution in [0.5, 0.6) is 0 Å². The van der Waals surface area contributed by atoms with Gasteiger partial charge in [-0.2, -0.15) is 0 Å². The molecule has 0 amide bonds. The van der Waals surface area contributed by atoms with Crippen molar-refractivity contribution in [2.75, 3.05) is 13.6 Å². The molecule has 0 fully saturated rings. The minimum absolute atomic E-state index is 0.613. The van der Waals surface area contributed by atoms with Gasteiger partial charge in [0.2, 0.25) is 0 Å². The van der Waals surface area contributed by atoms with Crippen LogP contribution in [0.3, 0.4) is 0 Å². The summed E-state index contributed by atoms with van der Waals surface area (Å²) in [5.41, 5.74) is 0.985. The third-order valence-electron chi connectivity index (χ3n) is 2.95. The summed E-state index contributed by atoms with van der Waals surface area (Å²) >= 11 is 0. The van der Waals surface area contributed by atoms with E-state index >= 15 is 0 Å². The number of guanidine groups is 1. The molecule has 0 aliphatic rings. The van der Waals surface area contributed by atoms with Gasteiger partial charge in [0.15, 0.2) is 11.7 Å². The van der Waals surface area contributed by atoms with E-state index in [2.05, 4.69) is 34.6 Å². The maximum atomic E-state index is 5.21. The summed E-state index contributed by atoms with van der Waals surface area (Å²) in [5, 5.41) is 10.5. The highest BCUT2D eigenvalue weighted by Crippen LogP contribution is 2.03. The zero-order valence-corrected chi connectivity index (χ0v) is 12.3. The van der Waals surface area contributed by atoms with Crippen LogP contribution in [0.15, 0.2) is 15.6 Å². The molecule has 2 N–H and O–H groups in total. The Hall–Kier alpha value is -1.52. The Bertz CT molecular complexity index is 373. The molecule has 1 aromatic heterocycles. The number of nitrogens with one attached hydrogen (secondary N) is 2. The molecule has 1 rings (SSSR count). The van der Waals surface area contributed by atoms with E-state index < -0.39 is 0 Å². The Morgan fingerprint density at radius 1 is 1.26 bits per heavy atom. The van der Waals surface area contributed by atoms with Crippen molar-refractivity contribution in [1.82, 2.24) is 15.8 Å². The van der Waals surface area contributed by atoms with Crippen molar-refractivity contribution >= 4 is 5.96 Å². The molecule has 5 heteroatoms. The van der Waals surface area contributed by atoms with E-state index in [1.54, 1.807) is 7.05 Å². The van der Waals surface area contributed by atoms with E-state index in [0.717, 1.165) is 30.4 Å². The molecular weight excluding hydrogens is 240 g/mol. The Balaban J connectivity index is 2.21. The van der Waals surface area contributed by atoms with Crippen molar-refractivity contribution in [3.05, 3.63) is 17.5 Å². The number of aromatic nitrogens is 1. The molecule has 1 aromatic rings. The summed E-state index contributed by atoms with van der Waals surface area (Å²) in [6.45, 7) is 5.85. The number of hydrogen-bond donors (Lipinski definition) is 2. The number of aryl methyl sites for hydroxylation is 1. The highest BCUT2D eigenvalue weighted by Gasteiger charge is 2.03. The molecule has 0 aliphatic heterocycles. The van der Waals surface area contributed by atoms with E-state index in [0.29, 0.717) is 6.54 Å². The number of aliphatic imine (C=N–C) groups is 1. The summed E-state index contributed by atoms with van der Waals surface area (Å²) < 4.78 is 5.21. The van der Waals surface area contributed by atoms with Crippen LogP contribution < -0.4 is 10.6 Å². The minimum atomic E-state index is 0.613. The van der Waals surface area contributed by atoms with Crippen LogP contribution in [0.4, 0.5) is 0 Å². The summed E-state index contributed by atoms with van der Waals surface area (Å²) in [6.07, 6.45) is 5.90. The maximum absolute atomic E-state index is 5.21. The number of nitrogens with zero attached hydrogens (tertiary/aromatic N) is 2. The average Bonchev–Trinajstić information content (AvgIpc) is 2.90. The van der Waals surface area contributed by atoms with Gasteiger partial charge in [0.25, 0.3) is 0 Å². The van der Waals surface area contributed by atoms with Gasteiger partial charge in [-0.25, -0.2) is 0 Å². The lowest BCUT2D eigenvalue weighted by Crippen LogP contribution is -2.37. The predicted molar refractivity (Wildman–Crippen MR) is 78.2 cm³/mol. The highest BCUT2D eigenvalue weighted by atomic mass is 16.5. The third kappa shape index (κ3) is 6.27. The van der Waals surface area contributed by atoms with E-state index in [1.807, 2.05) is 6.07 Å². The van der Waals surface area contributed by atoms with Crippen LogP contribution in [-0.4, -0.2) is 24.7 Å². The van der Waals surface area contributed by atoms with Crippen molar-refractivity contribution in [3.8, 4) is 0 Å². The Morgan fingerprint density at radius 2 is 2.11 bits per heavy atom. The van der Waals surface area contributed by atoms with Crippen molar-refractivity contribution in [1.29, 1.82) is 0 Å². The highest BCUT2D eigenvalue weighted by molar-refractivity contribution is 5.79. The molecule has 0 radical (unpaired) electrons. The SMILES string of the molecule is CCCCCCNC(=NC)NCc1cc(CC)no1. The van der Waals surface area contributed by atoms with Crippen LogP contribution in [-0.2, 0) is 13.0 Å². The lowest BCUT2D eigenvalue weighted by atomic mass is 10.2. The van der Waals surface area contributed by atoms with Gasteiger partial charge >= 0.3 is 0 Å². The smallest absolute Gasteiger partial charge is 0.191 e. The van der Waals surface area contributed by atoms with Crippen LogP contribution in [0.25, 0.3) is 0 Å². The van der Waals surface area contributed by atoms with Crippen molar-refractivity contribution < 1.29 is 4.52 Å². The Morgan fingerprint density at radius 3 is 2.74 bits per heavy atom. The van der Waals surface area contributed by atoms with Crippen molar-refractivity contribution in [3.63, 3.8) is 0 Å². The van der Waals surface area contributed by atoms with Gasteiger partial charge in [0, 0.05) is 19.7 Å². The van der Waals surface area contributed by atoms with E-state index in [1.165, 1.54) is 25.7 Å². The van der Waals surface area contributed by atoms with Gasteiger partial charge < -0.3 is 15.2 Å². The largest absolute Gasteiger partial charge is 0.359 e. The summed E-state index contributed by atoms with van der Waals surface area (Å²) in [5.74, 6) is 1.65. The number of unbranched alkanes of at least 4 members (excludes halogenated alkanes) is 3. The zero-order chi connectivity index (χ0) is 13.9. The first kappa shape index (κ1) is 15.5. The second-order valence-electron chi connectivity index (χ2n) is 4.55. The zero-order valence-electron chi connectivity index (χ0n) is 12.3. The average molecular weight is 266 g/mol. The Kier molecular flexibility index (Phi) is 7.70. The topological polar surface area (TPSA) is 62.5 Å². The van der Waals surface area contributed by atoms with E-state index in [9.17, 15) is 0 Å². The standard InChI is InChI=1S/C14H26N4O/c1-4-6-7-8-9-16-14(15-3)17-11-13-10-12(5-2)18-19-13/h10H,4-9,11H2,1-3H3,(H2,15,16,17). The molecule has 5 nitrogen and oxygen atoms in total. The first-order valence-corrected chi connectivity index (χ1v) is 7.19. The van der Waals surface area contributed by atoms with Crippen LogP contribution in [0.2, 0.25) is 0 Å². The van der Waals surface area contributed by atoms with Crippen molar-refractivity contribution in [2.24, 2.45) is 4.99 Å². The fraction of sp³-hybridized carbons (Fsp3) is 0.714. The monoisotopic (exact) mass is 266 g/mol. The van der Waals surface area contributed by atoms with Gasteiger partial charge in [-0.1, -0.05) is 38.3 Å². The second kappa shape index (κ2) is 9.42. The normalized spacial score (nSPS) is 11.6. The molecule has 0 bridgehead atoms. The molecular formula is C14H26N4O. The molecule has 1 heterocycles. The predicted octanol–water partition coefficient (Wildman–Crippen LogP) is 2.48. The Labute approximate surface area is 115 Å². The lowest BCUT2D eigenvalue weighted by Gasteiger charge is -2.10. The van der Waals surface area contributed by atoms with Gasteiger partial charge in [-0.3, -0.25) is 4.99 Å². The van der Waals surface area contributed by atoms with Crippen LogP contribution >= 0.6 is 0 Å². The fourth-order valence-corrected chi connectivity index (χ4v) is 1.76.